The molecule has 0 amide bonds. The lowest BCUT2D eigenvalue weighted by molar-refractivity contribution is -0.481. The lowest BCUT2D eigenvalue weighted by Crippen LogP contribution is -2.78. The molecule has 0 atom stereocenters. The minimum absolute atomic E-state index is 0.275. The summed E-state index contributed by atoms with van der Waals surface area (Å²) in [6.07, 6.45) is -9.33. The van der Waals surface area contributed by atoms with Gasteiger partial charge in [-0.1, -0.05) is 18.2 Å². The highest BCUT2D eigenvalue weighted by Gasteiger charge is 2.99. The monoisotopic (exact) mass is 684 g/mol. The Morgan fingerprint density at radius 1 is 0.333 bits per heavy atom. The van der Waals surface area contributed by atoms with Crippen molar-refractivity contribution in [3.63, 3.8) is 0 Å². The van der Waals surface area contributed by atoms with Gasteiger partial charge in [-0.3, -0.25) is 0 Å². The van der Waals surface area contributed by atoms with Gasteiger partial charge in [0.1, 0.15) is 0 Å². The zero-order valence-corrected chi connectivity index (χ0v) is 18.4. The molecule has 42 heavy (non-hydrogen) atoms. The van der Waals surface area contributed by atoms with E-state index in [9.17, 15) is 110 Å². The van der Waals surface area contributed by atoms with Crippen molar-refractivity contribution in [3.8, 4) is 0 Å². The first-order chi connectivity index (χ1) is 17.9. The molecule has 0 bridgehead atoms. The summed E-state index contributed by atoms with van der Waals surface area (Å²) in [7, 11) is 0. The molecule has 0 saturated heterocycles. The van der Waals surface area contributed by atoms with Crippen LogP contribution in [0.1, 0.15) is 6.42 Å². The molecule has 0 nitrogen and oxygen atoms in total. The SMILES string of the molecule is FC(F)(F)C(F)(F)C(F)(F)C(F)(F)C(F)(F)C(F)(F)C(F)(F)C(F)(F)C(F)(F)C(F)(F)C(F)(F)C(F)(F)C1=CC=CC1. The molecule has 0 aliphatic heterocycles. The second-order valence-electron chi connectivity index (χ2n) is 8.14. The maximum atomic E-state index is 13.8. The third-order valence-electron chi connectivity index (χ3n) is 5.47. The maximum absolute atomic E-state index is 13.8. The number of allylic oxidation sites excluding steroid dienone is 4. The first-order valence-corrected chi connectivity index (χ1v) is 9.44. The summed E-state index contributed by atoms with van der Waals surface area (Å²) in [5, 5.41) is 0. The predicted molar refractivity (Wildman–Crippen MR) is 82.3 cm³/mol. The maximum Gasteiger partial charge on any atom is 0.460 e. The van der Waals surface area contributed by atoms with E-state index in [1.54, 1.807) is 0 Å². The molecule has 0 radical (unpaired) electrons. The summed E-state index contributed by atoms with van der Waals surface area (Å²) < 4.78 is 334. The molecule has 0 aromatic heterocycles. The molecule has 1 rings (SSSR count). The Kier molecular flexibility index (Phi) is 8.42. The van der Waals surface area contributed by atoms with E-state index in [1.165, 1.54) is 0 Å². The van der Waals surface area contributed by atoms with Crippen LogP contribution in [0.2, 0.25) is 0 Å². The van der Waals surface area contributed by atoms with Crippen molar-refractivity contribution in [1.82, 2.24) is 0 Å². The Morgan fingerprint density at radius 3 is 0.786 bits per heavy atom. The second kappa shape index (κ2) is 9.36. The van der Waals surface area contributed by atoms with Gasteiger partial charge in [0.15, 0.2) is 0 Å². The van der Waals surface area contributed by atoms with E-state index in [-0.39, 0.29) is 6.08 Å². The van der Waals surface area contributed by atoms with Crippen molar-refractivity contribution in [2.75, 3.05) is 0 Å². The van der Waals surface area contributed by atoms with Gasteiger partial charge in [0, 0.05) is 5.57 Å². The smallest absolute Gasteiger partial charge is 0.194 e. The fraction of sp³-hybridized carbons (Fsp3) is 0.765. The Hall–Kier alpha value is -2.27. The third-order valence-corrected chi connectivity index (χ3v) is 5.47. The van der Waals surface area contributed by atoms with E-state index in [4.69, 9.17) is 0 Å². The molecule has 0 saturated carbocycles. The van der Waals surface area contributed by atoms with Gasteiger partial charge in [0.25, 0.3) is 0 Å². The molecular formula is C17H5F25. The van der Waals surface area contributed by atoms with E-state index in [0.717, 1.165) is 0 Å². The van der Waals surface area contributed by atoms with Gasteiger partial charge in [-0.15, -0.1) is 0 Å². The summed E-state index contributed by atoms with van der Waals surface area (Å²) in [5.74, 6) is -98.0. The van der Waals surface area contributed by atoms with Gasteiger partial charge in [0.2, 0.25) is 0 Å². The van der Waals surface area contributed by atoms with Crippen LogP contribution in [0, 0.1) is 0 Å². The Bertz CT molecular complexity index is 1080. The molecule has 25 heteroatoms. The van der Waals surface area contributed by atoms with Gasteiger partial charge >= 0.3 is 71.3 Å². The molecule has 0 spiro atoms. The first-order valence-electron chi connectivity index (χ1n) is 9.44. The highest BCUT2D eigenvalue weighted by Crippen LogP contribution is 2.68. The summed E-state index contributed by atoms with van der Waals surface area (Å²) in [5.41, 5.74) is -2.37. The van der Waals surface area contributed by atoms with E-state index in [2.05, 4.69) is 0 Å². The van der Waals surface area contributed by atoms with Crippen molar-refractivity contribution < 1.29 is 110 Å². The van der Waals surface area contributed by atoms with Gasteiger partial charge in [-0.05, 0) is 6.42 Å². The highest BCUT2D eigenvalue weighted by atomic mass is 19.4. The van der Waals surface area contributed by atoms with Crippen molar-refractivity contribution in [2.45, 2.75) is 77.7 Å². The molecule has 0 fully saturated rings. The Labute approximate surface area is 212 Å². The van der Waals surface area contributed by atoms with Crippen molar-refractivity contribution >= 4 is 0 Å². The average Bonchev–Trinajstić information content (AvgIpc) is 3.32. The zero-order chi connectivity index (χ0) is 34.4. The molecular weight excluding hydrogens is 679 g/mol. The van der Waals surface area contributed by atoms with Crippen LogP contribution in [0.3, 0.4) is 0 Å². The zero-order valence-electron chi connectivity index (χ0n) is 18.4. The van der Waals surface area contributed by atoms with Crippen LogP contribution in [-0.2, 0) is 0 Å². The summed E-state index contributed by atoms with van der Waals surface area (Å²) in [6, 6.07) is 0. The number of hydrogen-bond donors (Lipinski definition) is 0. The van der Waals surface area contributed by atoms with Crippen LogP contribution < -0.4 is 0 Å². The fourth-order valence-corrected chi connectivity index (χ4v) is 2.83. The van der Waals surface area contributed by atoms with Crippen LogP contribution in [0.4, 0.5) is 110 Å². The van der Waals surface area contributed by atoms with Crippen LogP contribution >= 0.6 is 0 Å². The Morgan fingerprint density at radius 2 is 0.571 bits per heavy atom. The van der Waals surface area contributed by atoms with Gasteiger partial charge < -0.3 is 0 Å². The predicted octanol–water partition coefficient (Wildman–Crippen LogP) is 9.42. The van der Waals surface area contributed by atoms with E-state index in [1.807, 2.05) is 0 Å². The molecule has 0 aromatic rings. The van der Waals surface area contributed by atoms with Gasteiger partial charge in [-0.2, -0.15) is 110 Å². The topological polar surface area (TPSA) is 0 Å². The van der Waals surface area contributed by atoms with Crippen LogP contribution in [0.5, 0.6) is 0 Å². The number of hydrogen-bond acceptors (Lipinski definition) is 0. The number of rotatable bonds is 11. The highest BCUT2D eigenvalue weighted by molar-refractivity contribution is 5.33. The first kappa shape index (κ1) is 37.8. The van der Waals surface area contributed by atoms with Crippen LogP contribution in [-0.4, -0.2) is 71.3 Å². The normalized spacial score (nSPS) is 18.1. The minimum atomic E-state index is -9.58. The Balaban J connectivity index is 3.87. The fourth-order valence-electron chi connectivity index (χ4n) is 2.83. The van der Waals surface area contributed by atoms with Gasteiger partial charge in [-0.25, -0.2) is 0 Å². The largest absolute Gasteiger partial charge is 0.460 e. The average molecular weight is 684 g/mol. The minimum Gasteiger partial charge on any atom is -0.194 e. The van der Waals surface area contributed by atoms with Gasteiger partial charge in [0.05, 0.1) is 0 Å². The lowest BCUT2D eigenvalue weighted by atomic mass is 9.83. The van der Waals surface area contributed by atoms with E-state index < -0.39 is 83.3 Å². The quantitative estimate of drug-likeness (QED) is 0.191. The van der Waals surface area contributed by atoms with Crippen LogP contribution in [0.25, 0.3) is 0 Å². The lowest BCUT2D eigenvalue weighted by Gasteiger charge is -2.45. The standard InChI is InChI=1S/C17H5F25/c18-6(19,5-3-1-2-4-5)7(20,21)8(22,23)9(24,25)10(26,27)11(28,29)12(30,31)13(32,33)14(34,35)15(36,37)16(38,39)17(40,41)42/h1-3H,4H2. The van der Waals surface area contributed by atoms with Crippen molar-refractivity contribution in [2.24, 2.45) is 0 Å². The molecule has 1 aliphatic carbocycles. The summed E-state index contributed by atoms with van der Waals surface area (Å²) in [6.45, 7) is 0. The third kappa shape index (κ3) is 4.23. The molecule has 248 valence electrons. The molecule has 0 N–H and O–H groups in total. The number of alkyl halides is 25. The van der Waals surface area contributed by atoms with Crippen molar-refractivity contribution in [1.29, 1.82) is 0 Å². The molecule has 0 aromatic carbocycles. The van der Waals surface area contributed by atoms with Crippen LogP contribution in [0.15, 0.2) is 23.8 Å². The number of halogens is 25. The molecule has 0 unspecified atom stereocenters. The molecule has 0 heterocycles. The molecule has 1 aliphatic rings. The van der Waals surface area contributed by atoms with E-state index >= 15 is 0 Å². The summed E-state index contributed by atoms with van der Waals surface area (Å²) >= 11 is 0. The van der Waals surface area contributed by atoms with Crippen molar-refractivity contribution in [3.05, 3.63) is 23.8 Å². The van der Waals surface area contributed by atoms with E-state index in [0.29, 0.717) is 12.2 Å². The summed E-state index contributed by atoms with van der Waals surface area (Å²) in [4.78, 5) is 0. The second-order valence-corrected chi connectivity index (χ2v) is 8.14.